The van der Waals surface area contributed by atoms with Crippen LogP contribution >= 0.6 is 11.6 Å². The lowest BCUT2D eigenvalue weighted by molar-refractivity contribution is 0.0215. The summed E-state index contributed by atoms with van der Waals surface area (Å²) in [5.41, 5.74) is 0.326. The van der Waals surface area contributed by atoms with E-state index < -0.39 is 21.7 Å². The van der Waals surface area contributed by atoms with Crippen LogP contribution in [-0.4, -0.2) is 55.2 Å². The van der Waals surface area contributed by atoms with Crippen molar-refractivity contribution in [3.05, 3.63) is 34.9 Å². The molecular weight excluding hydrogens is 376 g/mol. The van der Waals surface area contributed by atoms with Crippen LogP contribution in [0, 0.1) is 0 Å². The van der Waals surface area contributed by atoms with Gasteiger partial charge in [0.25, 0.3) is 0 Å². The van der Waals surface area contributed by atoms with Crippen molar-refractivity contribution in [2.45, 2.75) is 45.3 Å². The van der Waals surface area contributed by atoms with Crippen molar-refractivity contribution in [1.82, 2.24) is 9.21 Å². The van der Waals surface area contributed by atoms with Gasteiger partial charge in [0.1, 0.15) is 5.60 Å². The molecule has 1 unspecified atom stereocenters. The first-order valence-corrected chi connectivity index (χ1v) is 10.9. The number of halogens is 1. The van der Waals surface area contributed by atoms with Crippen molar-refractivity contribution >= 4 is 27.7 Å². The average Bonchev–Trinajstić information content (AvgIpc) is 2.45. The maximum Gasteiger partial charge on any atom is 0.410 e. The van der Waals surface area contributed by atoms with Crippen molar-refractivity contribution in [2.75, 3.05) is 25.9 Å². The van der Waals surface area contributed by atoms with Gasteiger partial charge in [-0.25, -0.2) is 13.2 Å². The summed E-state index contributed by atoms with van der Waals surface area (Å²) < 4.78 is 31.6. The van der Waals surface area contributed by atoms with Crippen molar-refractivity contribution in [3.63, 3.8) is 0 Å². The fraction of sp³-hybridized carbons (Fsp3) is 0.611. The van der Waals surface area contributed by atoms with E-state index in [1.54, 1.807) is 17.0 Å². The molecule has 0 radical (unpaired) electrons. The quantitative estimate of drug-likeness (QED) is 0.756. The molecule has 0 aliphatic carbocycles. The molecule has 1 heterocycles. The molecule has 26 heavy (non-hydrogen) atoms. The summed E-state index contributed by atoms with van der Waals surface area (Å²) >= 11 is 5.95. The van der Waals surface area contributed by atoms with Crippen LogP contribution in [0.2, 0.25) is 5.02 Å². The van der Waals surface area contributed by atoms with Gasteiger partial charge in [-0.15, -0.1) is 0 Å². The van der Waals surface area contributed by atoms with Crippen LogP contribution in [0.3, 0.4) is 0 Å². The summed E-state index contributed by atoms with van der Waals surface area (Å²) in [6.45, 7) is 6.50. The van der Waals surface area contributed by atoms with Crippen molar-refractivity contribution < 1.29 is 17.9 Å². The molecule has 1 fully saturated rings. The minimum absolute atomic E-state index is 0.228. The van der Waals surface area contributed by atoms with Gasteiger partial charge < -0.3 is 9.64 Å². The van der Waals surface area contributed by atoms with Gasteiger partial charge in [-0.1, -0.05) is 23.7 Å². The lowest BCUT2D eigenvalue weighted by Crippen LogP contribution is -2.46. The topological polar surface area (TPSA) is 66.9 Å². The standard InChI is InChI=1S/C18H27ClN2O4S/c1-18(2,3)25-17(22)20-11-5-6-16(14-7-9-15(19)10-8-14)21(13-12-20)26(4,23)24/h7-10,16H,5-6,11-13H2,1-4H3. The molecule has 1 amide bonds. The maximum absolute atomic E-state index is 12.4. The molecule has 0 N–H and O–H groups in total. The largest absolute Gasteiger partial charge is 0.444 e. The van der Waals surface area contributed by atoms with Gasteiger partial charge in [0, 0.05) is 30.7 Å². The number of hydrogen-bond acceptors (Lipinski definition) is 4. The van der Waals surface area contributed by atoms with Crippen molar-refractivity contribution in [3.8, 4) is 0 Å². The number of amides is 1. The van der Waals surface area contributed by atoms with Crippen molar-refractivity contribution in [1.29, 1.82) is 0 Å². The van der Waals surface area contributed by atoms with Gasteiger partial charge in [0.15, 0.2) is 0 Å². The normalized spacial score (nSPS) is 20.3. The SMILES string of the molecule is CC(C)(C)OC(=O)N1CCCC(c2ccc(Cl)cc2)N(S(C)(=O)=O)CC1. The summed E-state index contributed by atoms with van der Waals surface area (Å²) in [7, 11) is -3.44. The number of benzene rings is 1. The Morgan fingerprint density at radius 3 is 2.31 bits per heavy atom. The molecule has 0 aromatic heterocycles. The van der Waals surface area contributed by atoms with Crippen LogP contribution in [0.5, 0.6) is 0 Å². The van der Waals surface area contributed by atoms with Crippen LogP contribution in [-0.2, 0) is 14.8 Å². The molecule has 0 saturated carbocycles. The maximum atomic E-state index is 12.4. The van der Waals surface area contributed by atoms with E-state index in [1.165, 1.54) is 10.6 Å². The van der Waals surface area contributed by atoms with E-state index in [4.69, 9.17) is 16.3 Å². The highest BCUT2D eigenvalue weighted by Crippen LogP contribution is 2.30. The third-order valence-corrected chi connectivity index (χ3v) is 5.72. The number of carbonyl (C=O) groups excluding carboxylic acids is 1. The van der Waals surface area contributed by atoms with Crippen LogP contribution in [0.1, 0.15) is 45.2 Å². The highest BCUT2D eigenvalue weighted by molar-refractivity contribution is 7.88. The molecule has 0 bridgehead atoms. The Labute approximate surface area is 161 Å². The summed E-state index contributed by atoms with van der Waals surface area (Å²) in [6.07, 6.45) is 2.10. The number of rotatable bonds is 2. The van der Waals surface area contributed by atoms with Crippen LogP contribution < -0.4 is 0 Å². The van der Waals surface area contributed by atoms with E-state index in [9.17, 15) is 13.2 Å². The zero-order chi connectivity index (χ0) is 19.5. The smallest absolute Gasteiger partial charge is 0.410 e. The van der Waals surface area contributed by atoms with Gasteiger partial charge in [-0.2, -0.15) is 4.31 Å². The van der Waals surface area contributed by atoms with Crippen LogP contribution in [0.15, 0.2) is 24.3 Å². The summed E-state index contributed by atoms with van der Waals surface area (Å²) in [4.78, 5) is 13.9. The average molecular weight is 403 g/mol. The Balaban J connectivity index is 2.20. The van der Waals surface area contributed by atoms with Gasteiger partial charge in [0.2, 0.25) is 10.0 Å². The van der Waals surface area contributed by atoms with E-state index in [0.717, 1.165) is 5.56 Å². The Bertz CT molecular complexity index is 729. The van der Waals surface area contributed by atoms with E-state index in [0.29, 0.717) is 31.0 Å². The molecule has 1 aromatic rings. The van der Waals surface area contributed by atoms with E-state index in [1.807, 2.05) is 32.9 Å². The monoisotopic (exact) mass is 402 g/mol. The van der Waals surface area contributed by atoms with E-state index >= 15 is 0 Å². The molecule has 8 heteroatoms. The van der Waals surface area contributed by atoms with Gasteiger partial charge in [-0.3, -0.25) is 0 Å². The molecule has 1 aliphatic heterocycles. The lowest BCUT2D eigenvalue weighted by atomic mass is 10.0. The number of nitrogens with zero attached hydrogens (tertiary/aromatic N) is 2. The molecule has 146 valence electrons. The highest BCUT2D eigenvalue weighted by atomic mass is 35.5. The molecule has 1 atom stereocenters. The summed E-state index contributed by atoms with van der Waals surface area (Å²) in [6, 6.07) is 6.99. The Hall–Kier alpha value is -1.31. The third kappa shape index (κ3) is 5.86. The van der Waals surface area contributed by atoms with Gasteiger partial charge in [-0.05, 0) is 51.3 Å². The van der Waals surface area contributed by atoms with E-state index in [2.05, 4.69) is 0 Å². The molecular formula is C18H27ClN2O4S. The fourth-order valence-corrected chi connectivity index (χ4v) is 4.26. The first-order valence-electron chi connectivity index (χ1n) is 8.67. The van der Waals surface area contributed by atoms with Crippen LogP contribution in [0.4, 0.5) is 4.79 Å². The molecule has 6 nitrogen and oxygen atoms in total. The van der Waals surface area contributed by atoms with E-state index in [-0.39, 0.29) is 12.6 Å². The Kier molecular flexibility index (Phi) is 6.58. The predicted molar refractivity (Wildman–Crippen MR) is 103 cm³/mol. The fourth-order valence-electron chi connectivity index (χ4n) is 3.03. The predicted octanol–water partition coefficient (Wildman–Crippen LogP) is 3.67. The second-order valence-electron chi connectivity index (χ2n) is 7.55. The molecule has 1 saturated heterocycles. The van der Waals surface area contributed by atoms with Gasteiger partial charge >= 0.3 is 6.09 Å². The van der Waals surface area contributed by atoms with Crippen molar-refractivity contribution in [2.24, 2.45) is 0 Å². The zero-order valence-electron chi connectivity index (χ0n) is 15.7. The summed E-state index contributed by atoms with van der Waals surface area (Å²) in [5, 5.41) is 0.613. The third-order valence-electron chi connectivity index (χ3n) is 4.18. The highest BCUT2D eigenvalue weighted by Gasteiger charge is 2.32. The minimum atomic E-state index is -3.44. The number of hydrogen-bond donors (Lipinski definition) is 0. The number of carbonyl (C=O) groups is 1. The number of ether oxygens (including phenoxy) is 1. The zero-order valence-corrected chi connectivity index (χ0v) is 17.3. The second kappa shape index (κ2) is 8.15. The Morgan fingerprint density at radius 1 is 1.15 bits per heavy atom. The lowest BCUT2D eigenvalue weighted by Gasteiger charge is -2.36. The molecule has 0 spiro atoms. The first-order chi connectivity index (χ1) is 12.0. The first kappa shape index (κ1) is 21.0. The molecule has 1 aliphatic rings. The molecule has 1 aromatic carbocycles. The number of sulfonamides is 1. The molecule has 2 rings (SSSR count). The van der Waals surface area contributed by atoms with Crippen LogP contribution in [0.25, 0.3) is 0 Å². The minimum Gasteiger partial charge on any atom is -0.444 e. The second-order valence-corrected chi connectivity index (χ2v) is 9.92. The summed E-state index contributed by atoms with van der Waals surface area (Å²) in [5.74, 6) is 0. The van der Waals surface area contributed by atoms with Gasteiger partial charge in [0.05, 0.1) is 6.26 Å². The Morgan fingerprint density at radius 2 is 1.77 bits per heavy atom.